The zero-order valence-corrected chi connectivity index (χ0v) is 10.6. The van der Waals surface area contributed by atoms with E-state index in [-0.39, 0.29) is 6.04 Å². The van der Waals surface area contributed by atoms with Crippen molar-refractivity contribution in [1.82, 2.24) is 0 Å². The summed E-state index contributed by atoms with van der Waals surface area (Å²) in [5, 5.41) is 0. The molecular formula is C14H23NO. The Morgan fingerprint density at radius 2 is 1.88 bits per heavy atom. The van der Waals surface area contributed by atoms with E-state index in [1.54, 1.807) is 0 Å². The van der Waals surface area contributed by atoms with Crippen LogP contribution in [-0.4, -0.2) is 6.61 Å². The highest BCUT2D eigenvalue weighted by Gasteiger charge is 2.10. The molecule has 2 heteroatoms. The zero-order valence-electron chi connectivity index (χ0n) is 10.6. The normalized spacial score (nSPS) is 14.5. The quantitative estimate of drug-likeness (QED) is 0.797. The van der Waals surface area contributed by atoms with Crippen molar-refractivity contribution in [2.75, 3.05) is 6.61 Å². The third-order valence-corrected chi connectivity index (χ3v) is 2.98. The van der Waals surface area contributed by atoms with Crippen molar-refractivity contribution in [3.63, 3.8) is 0 Å². The first-order valence-corrected chi connectivity index (χ1v) is 6.16. The second kappa shape index (κ2) is 6.54. The van der Waals surface area contributed by atoms with Gasteiger partial charge >= 0.3 is 0 Å². The van der Waals surface area contributed by atoms with Gasteiger partial charge in [0.2, 0.25) is 0 Å². The minimum atomic E-state index is 0.0770. The summed E-state index contributed by atoms with van der Waals surface area (Å²) >= 11 is 0. The molecule has 1 aromatic carbocycles. The molecule has 2 N–H and O–H groups in total. The molecule has 0 aliphatic rings. The summed E-state index contributed by atoms with van der Waals surface area (Å²) in [7, 11) is 0. The number of para-hydroxylation sites is 1. The topological polar surface area (TPSA) is 35.2 Å². The van der Waals surface area contributed by atoms with Crippen LogP contribution in [0.5, 0.6) is 5.75 Å². The molecule has 16 heavy (non-hydrogen) atoms. The molecule has 2 nitrogen and oxygen atoms in total. The fourth-order valence-electron chi connectivity index (χ4n) is 1.49. The number of ether oxygens (including phenoxy) is 1. The lowest BCUT2D eigenvalue weighted by Gasteiger charge is -2.17. The van der Waals surface area contributed by atoms with Gasteiger partial charge < -0.3 is 10.5 Å². The standard InChI is InChI=1S/C14H23NO/c1-4-11(3)10-16-14-9-7-6-8-12(14)13(15)5-2/h6-9,11,13H,4-5,10,15H2,1-3H3/t11?,13-/m0/s1. The molecule has 0 radical (unpaired) electrons. The number of hydrogen-bond donors (Lipinski definition) is 1. The van der Waals surface area contributed by atoms with Crippen molar-refractivity contribution in [2.45, 2.75) is 39.7 Å². The second-order valence-corrected chi connectivity index (χ2v) is 4.38. The molecule has 0 aromatic heterocycles. The van der Waals surface area contributed by atoms with E-state index in [9.17, 15) is 0 Å². The Morgan fingerprint density at radius 1 is 1.19 bits per heavy atom. The van der Waals surface area contributed by atoms with Gasteiger partial charge in [0.1, 0.15) is 5.75 Å². The lowest BCUT2D eigenvalue weighted by molar-refractivity contribution is 0.253. The van der Waals surface area contributed by atoms with E-state index in [2.05, 4.69) is 26.8 Å². The van der Waals surface area contributed by atoms with Crippen LogP contribution in [0.4, 0.5) is 0 Å². The van der Waals surface area contributed by atoms with E-state index in [1.807, 2.05) is 18.2 Å². The van der Waals surface area contributed by atoms with Gasteiger partial charge in [-0.15, -0.1) is 0 Å². The molecule has 2 atom stereocenters. The molecule has 0 spiro atoms. The van der Waals surface area contributed by atoms with Crippen molar-refractivity contribution >= 4 is 0 Å². The van der Waals surface area contributed by atoms with E-state index in [4.69, 9.17) is 10.5 Å². The zero-order chi connectivity index (χ0) is 12.0. The lowest BCUT2D eigenvalue weighted by Crippen LogP contribution is -2.13. The minimum absolute atomic E-state index is 0.0770. The first kappa shape index (κ1) is 13.0. The van der Waals surface area contributed by atoms with Gasteiger partial charge in [0, 0.05) is 11.6 Å². The fourth-order valence-corrected chi connectivity index (χ4v) is 1.49. The van der Waals surface area contributed by atoms with E-state index < -0.39 is 0 Å². The summed E-state index contributed by atoms with van der Waals surface area (Å²) in [6.07, 6.45) is 2.08. The van der Waals surface area contributed by atoms with Gasteiger partial charge in [-0.2, -0.15) is 0 Å². The third kappa shape index (κ3) is 3.53. The summed E-state index contributed by atoms with van der Waals surface area (Å²) in [6.45, 7) is 7.24. The van der Waals surface area contributed by atoms with Gasteiger partial charge in [-0.1, -0.05) is 45.4 Å². The Hall–Kier alpha value is -1.02. The van der Waals surface area contributed by atoms with Gasteiger partial charge in [0.05, 0.1) is 6.61 Å². The Balaban J connectivity index is 2.71. The average Bonchev–Trinajstić information content (AvgIpc) is 2.35. The van der Waals surface area contributed by atoms with E-state index >= 15 is 0 Å². The molecule has 0 saturated heterocycles. The molecule has 90 valence electrons. The summed E-state index contributed by atoms with van der Waals surface area (Å²) < 4.78 is 5.83. The van der Waals surface area contributed by atoms with Crippen LogP contribution in [-0.2, 0) is 0 Å². The number of hydrogen-bond acceptors (Lipinski definition) is 2. The summed E-state index contributed by atoms with van der Waals surface area (Å²) in [5.41, 5.74) is 7.17. The molecule has 0 bridgehead atoms. The third-order valence-electron chi connectivity index (χ3n) is 2.98. The predicted octanol–water partition coefficient (Wildman–Crippen LogP) is 3.52. The van der Waals surface area contributed by atoms with Crippen LogP contribution in [0.3, 0.4) is 0 Å². The van der Waals surface area contributed by atoms with Crippen molar-refractivity contribution in [2.24, 2.45) is 11.7 Å². The van der Waals surface area contributed by atoms with Gasteiger partial charge in [0.15, 0.2) is 0 Å². The van der Waals surface area contributed by atoms with Crippen LogP contribution < -0.4 is 10.5 Å². The van der Waals surface area contributed by atoms with Crippen molar-refractivity contribution in [3.05, 3.63) is 29.8 Å². The summed E-state index contributed by atoms with van der Waals surface area (Å²) in [6, 6.07) is 8.15. The van der Waals surface area contributed by atoms with Crippen LogP contribution in [0.2, 0.25) is 0 Å². The maximum atomic E-state index is 6.05. The maximum absolute atomic E-state index is 6.05. The predicted molar refractivity (Wildman–Crippen MR) is 68.6 cm³/mol. The van der Waals surface area contributed by atoms with Gasteiger partial charge in [-0.3, -0.25) is 0 Å². The van der Waals surface area contributed by atoms with Gasteiger partial charge in [-0.25, -0.2) is 0 Å². The van der Waals surface area contributed by atoms with Crippen LogP contribution >= 0.6 is 0 Å². The van der Waals surface area contributed by atoms with Gasteiger partial charge in [-0.05, 0) is 18.4 Å². The van der Waals surface area contributed by atoms with E-state index in [0.29, 0.717) is 5.92 Å². The minimum Gasteiger partial charge on any atom is -0.493 e. The highest BCUT2D eigenvalue weighted by Crippen LogP contribution is 2.25. The Bertz CT molecular complexity index is 311. The first-order chi connectivity index (χ1) is 7.69. The number of benzene rings is 1. The molecule has 0 saturated carbocycles. The summed E-state index contributed by atoms with van der Waals surface area (Å²) in [4.78, 5) is 0. The van der Waals surface area contributed by atoms with E-state index in [1.165, 1.54) is 0 Å². The Morgan fingerprint density at radius 3 is 2.50 bits per heavy atom. The van der Waals surface area contributed by atoms with Crippen molar-refractivity contribution < 1.29 is 4.74 Å². The largest absolute Gasteiger partial charge is 0.493 e. The van der Waals surface area contributed by atoms with Crippen LogP contribution in [0.15, 0.2) is 24.3 Å². The molecule has 0 fully saturated rings. The Kier molecular flexibility index (Phi) is 5.33. The first-order valence-electron chi connectivity index (χ1n) is 6.16. The molecule has 0 heterocycles. The van der Waals surface area contributed by atoms with E-state index in [0.717, 1.165) is 30.8 Å². The molecule has 1 rings (SSSR count). The molecule has 0 aliphatic carbocycles. The van der Waals surface area contributed by atoms with Crippen molar-refractivity contribution in [3.8, 4) is 5.75 Å². The average molecular weight is 221 g/mol. The number of nitrogens with two attached hydrogens (primary N) is 1. The van der Waals surface area contributed by atoms with Crippen LogP contribution in [0.25, 0.3) is 0 Å². The highest BCUT2D eigenvalue weighted by molar-refractivity contribution is 5.35. The van der Waals surface area contributed by atoms with Crippen molar-refractivity contribution in [1.29, 1.82) is 0 Å². The molecule has 0 amide bonds. The summed E-state index contributed by atoms with van der Waals surface area (Å²) in [5.74, 6) is 1.53. The van der Waals surface area contributed by atoms with Crippen LogP contribution in [0.1, 0.15) is 45.2 Å². The maximum Gasteiger partial charge on any atom is 0.124 e. The molecule has 0 aliphatic heterocycles. The molecular weight excluding hydrogens is 198 g/mol. The highest BCUT2D eigenvalue weighted by atomic mass is 16.5. The van der Waals surface area contributed by atoms with Crippen LogP contribution in [0, 0.1) is 5.92 Å². The lowest BCUT2D eigenvalue weighted by atomic mass is 10.0. The fraction of sp³-hybridized carbons (Fsp3) is 0.571. The molecule has 1 aromatic rings. The molecule has 1 unspecified atom stereocenters. The second-order valence-electron chi connectivity index (χ2n) is 4.38. The number of rotatable bonds is 6. The smallest absolute Gasteiger partial charge is 0.124 e. The SMILES string of the molecule is CCC(C)COc1ccccc1[C@@H](N)CC. The monoisotopic (exact) mass is 221 g/mol. The van der Waals surface area contributed by atoms with Gasteiger partial charge in [0.25, 0.3) is 0 Å². The Labute approximate surface area is 98.8 Å².